The molecule has 0 aromatic heterocycles. The van der Waals surface area contributed by atoms with Gasteiger partial charge in [0.15, 0.2) is 18.1 Å². The highest BCUT2D eigenvalue weighted by Gasteiger charge is 2.24. The van der Waals surface area contributed by atoms with Crippen LogP contribution in [-0.4, -0.2) is 62.8 Å². The van der Waals surface area contributed by atoms with Crippen molar-refractivity contribution in [1.82, 2.24) is 4.90 Å². The van der Waals surface area contributed by atoms with Crippen LogP contribution in [0.15, 0.2) is 42.5 Å². The maximum Gasteiger partial charge on any atom is 0.338 e. The lowest BCUT2D eigenvalue weighted by Crippen LogP contribution is -2.50. The number of benzene rings is 2. The maximum absolute atomic E-state index is 13.9. The summed E-state index contributed by atoms with van der Waals surface area (Å²) in [5, 5.41) is 0. The topological polar surface area (TPSA) is 68.3 Å². The van der Waals surface area contributed by atoms with Gasteiger partial charge in [0.05, 0.1) is 11.3 Å². The molecule has 1 amide bonds. The fourth-order valence-corrected chi connectivity index (χ4v) is 3.38. The van der Waals surface area contributed by atoms with Gasteiger partial charge in [0, 0.05) is 26.2 Å². The Balaban J connectivity index is 1.28. The molecule has 7 nitrogen and oxygen atoms in total. The van der Waals surface area contributed by atoms with Crippen molar-refractivity contribution in [2.24, 2.45) is 0 Å². The minimum atomic E-state index is -0.597. The molecular weight excluding hydrogens is 379 g/mol. The SMILES string of the molecule is O=C(OCC(=O)N1CCN(c2ccccc2F)CC1)c1ccc2c(c1)OCCO2. The van der Waals surface area contributed by atoms with Crippen molar-refractivity contribution >= 4 is 17.6 Å². The van der Waals surface area contributed by atoms with E-state index in [0.717, 1.165) is 0 Å². The van der Waals surface area contributed by atoms with Gasteiger partial charge in [0.2, 0.25) is 0 Å². The van der Waals surface area contributed by atoms with Gasteiger partial charge in [-0.2, -0.15) is 0 Å². The molecule has 152 valence electrons. The summed E-state index contributed by atoms with van der Waals surface area (Å²) in [4.78, 5) is 28.2. The quantitative estimate of drug-likeness (QED) is 0.733. The molecule has 0 aliphatic carbocycles. The van der Waals surface area contributed by atoms with Crippen molar-refractivity contribution in [3.05, 3.63) is 53.8 Å². The van der Waals surface area contributed by atoms with E-state index in [1.807, 2.05) is 4.90 Å². The average Bonchev–Trinajstić information content (AvgIpc) is 2.77. The molecule has 0 spiro atoms. The number of anilines is 1. The molecule has 2 aromatic carbocycles. The van der Waals surface area contributed by atoms with Crippen LogP contribution >= 0.6 is 0 Å². The molecule has 0 radical (unpaired) electrons. The molecule has 2 aliphatic rings. The fourth-order valence-electron chi connectivity index (χ4n) is 3.38. The van der Waals surface area contributed by atoms with E-state index < -0.39 is 5.97 Å². The molecule has 2 aliphatic heterocycles. The van der Waals surface area contributed by atoms with Crippen molar-refractivity contribution in [3.63, 3.8) is 0 Å². The van der Waals surface area contributed by atoms with E-state index in [-0.39, 0.29) is 18.3 Å². The van der Waals surface area contributed by atoms with Crippen LogP contribution in [0.1, 0.15) is 10.4 Å². The number of carbonyl (C=O) groups excluding carboxylic acids is 2. The van der Waals surface area contributed by atoms with Gasteiger partial charge < -0.3 is 24.0 Å². The number of fused-ring (bicyclic) bond motifs is 1. The molecule has 8 heteroatoms. The second-order valence-electron chi connectivity index (χ2n) is 6.75. The smallest absolute Gasteiger partial charge is 0.338 e. The van der Waals surface area contributed by atoms with E-state index in [9.17, 15) is 14.0 Å². The van der Waals surface area contributed by atoms with Crippen molar-refractivity contribution < 1.29 is 28.2 Å². The summed E-state index contributed by atoms with van der Waals surface area (Å²) in [6, 6.07) is 11.4. The number of esters is 1. The molecule has 2 aromatic rings. The standard InChI is InChI=1S/C21H21FN2O5/c22-16-3-1-2-4-17(16)23-7-9-24(10-8-23)20(25)14-29-21(26)15-5-6-18-19(13-15)28-12-11-27-18/h1-6,13H,7-12,14H2. The van der Waals surface area contributed by atoms with E-state index in [0.29, 0.717) is 62.1 Å². The highest BCUT2D eigenvalue weighted by molar-refractivity contribution is 5.92. The first-order chi connectivity index (χ1) is 14.1. The first-order valence-electron chi connectivity index (χ1n) is 9.46. The predicted molar refractivity (Wildman–Crippen MR) is 103 cm³/mol. The van der Waals surface area contributed by atoms with Gasteiger partial charge >= 0.3 is 5.97 Å². The monoisotopic (exact) mass is 400 g/mol. The Labute approximate surface area is 167 Å². The average molecular weight is 400 g/mol. The first-order valence-corrected chi connectivity index (χ1v) is 9.46. The van der Waals surface area contributed by atoms with Gasteiger partial charge in [0.1, 0.15) is 19.0 Å². The van der Waals surface area contributed by atoms with Crippen LogP contribution in [0.5, 0.6) is 11.5 Å². The van der Waals surface area contributed by atoms with Gasteiger partial charge in [-0.1, -0.05) is 12.1 Å². The zero-order chi connectivity index (χ0) is 20.2. The Hall–Kier alpha value is -3.29. The second-order valence-corrected chi connectivity index (χ2v) is 6.75. The highest BCUT2D eigenvalue weighted by Crippen LogP contribution is 2.31. The normalized spacial score (nSPS) is 15.8. The molecule has 0 unspecified atom stereocenters. The summed E-state index contributed by atoms with van der Waals surface area (Å²) in [6.45, 7) is 2.46. The van der Waals surface area contributed by atoms with Gasteiger partial charge in [-0.25, -0.2) is 9.18 Å². The van der Waals surface area contributed by atoms with Crippen LogP contribution in [-0.2, 0) is 9.53 Å². The number of hydrogen-bond acceptors (Lipinski definition) is 6. The number of hydrogen-bond donors (Lipinski definition) is 0. The van der Waals surface area contributed by atoms with E-state index in [4.69, 9.17) is 14.2 Å². The molecule has 2 heterocycles. The lowest BCUT2D eigenvalue weighted by molar-refractivity contribution is -0.134. The van der Waals surface area contributed by atoms with E-state index in [1.165, 1.54) is 6.07 Å². The third-order valence-corrected chi connectivity index (χ3v) is 4.93. The zero-order valence-electron chi connectivity index (χ0n) is 15.8. The molecule has 0 bridgehead atoms. The Morgan fingerprint density at radius 2 is 1.69 bits per heavy atom. The summed E-state index contributed by atoms with van der Waals surface area (Å²) in [7, 11) is 0. The third-order valence-electron chi connectivity index (χ3n) is 4.93. The predicted octanol–water partition coefficient (Wildman–Crippen LogP) is 2.10. The second kappa shape index (κ2) is 8.38. The highest BCUT2D eigenvalue weighted by atomic mass is 19.1. The molecule has 0 atom stereocenters. The third kappa shape index (κ3) is 4.26. The molecule has 1 saturated heterocycles. The largest absolute Gasteiger partial charge is 0.486 e. The Morgan fingerprint density at radius 1 is 0.966 bits per heavy atom. The number of carbonyl (C=O) groups is 2. The minimum absolute atomic E-state index is 0.274. The number of amides is 1. The van der Waals surface area contributed by atoms with Gasteiger partial charge in [-0.05, 0) is 30.3 Å². The van der Waals surface area contributed by atoms with Crippen LogP contribution in [0.3, 0.4) is 0 Å². The van der Waals surface area contributed by atoms with Crippen LogP contribution in [0.2, 0.25) is 0 Å². The van der Waals surface area contributed by atoms with Crippen molar-refractivity contribution in [2.75, 3.05) is 50.9 Å². The summed E-state index contributed by atoms with van der Waals surface area (Å²) in [5.41, 5.74) is 0.830. The summed E-state index contributed by atoms with van der Waals surface area (Å²) in [5.74, 6) is -0.0806. The number of nitrogens with zero attached hydrogens (tertiary/aromatic N) is 2. The van der Waals surface area contributed by atoms with Crippen molar-refractivity contribution in [2.45, 2.75) is 0 Å². The number of para-hydroxylation sites is 1. The summed E-state index contributed by atoms with van der Waals surface area (Å²) in [6.07, 6.45) is 0. The van der Waals surface area contributed by atoms with Crippen molar-refractivity contribution in [1.29, 1.82) is 0 Å². The molecule has 0 N–H and O–H groups in total. The Kier molecular flexibility index (Phi) is 5.50. The van der Waals surface area contributed by atoms with Crippen LogP contribution in [0, 0.1) is 5.82 Å². The summed E-state index contributed by atoms with van der Waals surface area (Å²) < 4.78 is 29.9. The molecular formula is C21H21FN2O5. The van der Waals surface area contributed by atoms with E-state index in [1.54, 1.807) is 41.3 Å². The summed E-state index contributed by atoms with van der Waals surface area (Å²) >= 11 is 0. The lowest BCUT2D eigenvalue weighted by Gasteiger charge is -2.36. The van der Waals surface area contributed by atoms with Gasteiger partial charge in [-0.3, -0.25) is 4.79 Å². The first kappa shape index (κ1) is 19.0. The number of ether oxygens (including phenoxy) is 3. The van der Waals surface area contributed by atoms with E-state index in [2.05, 4.69) is 0 Å². The molecule has 29 heavy (non-hydrogen) atoms. The van der Waals surface area contributed by atoms with Gasteiger partial charge in [-0.15, -0.1) is 0 Å². The van der Waals surface area contributed by atoms with Crippen LogP contribution in [0.25, 0.3) is 0 Å². The van der Waals surface area contributed by atoms with E-state index >= 15 is 0 Å². The number of halogens is 1. The van der Waals surface area contributed by atoms with Crippen molar-refractivity contribution in [3.8, 4) is 11.5 Å². The molecule has 4 rings (SSSR count). The van der Waals surface area contributed by atoms with Crippen LogP contribution in [0.4, 0.5) is 10.1 Å². The Morgan fingerprint density at radius 3 is 2.45 bits per heavy atom. The number of piperazine rings is 1. The molecule has 1 fully saturated rings. The zero-order valence-corrected chi connectivity index (χ0v) is 15.8. The Bertz CT molecular complexity index is 912. The lowest BCUT2D eigenvalue weighted by atomic mass is 10.2. The van der Waals surface area contributed by atoms with Crippen LogP contribution < -0.4 is 14.4 Å². The van der Waals surface area contributed by atoms with Gasteiger partial charge in [0.25, 0.3) is 5.91 Å². The maximum atomic E-state index is 13.9. The number of rotatable bonds is 4. The minimum Gasteiger partial charge on any atom is -0.486 e. The molecule has 0 saturated carbocycles. The fraction of sp³-hybridized carbons (Fsp3) is 0.333.